The molecule has 1 aliphatic heterocycles. The van der Waals surface area contributed by atoms with Gasteiger partial charge in [-0.3, -0.25) is 4.79 Å². The van der Waals surface area contributed by atoms with Crippen molar-refractivity contribution in [1.29, 1.82) is 0 Å². The van der Waals surface area contributed by atoms with Crippen molar-refractivity contribution in [2.45, 2.75) is 24.2 Å². The lowest BCUT2D eigenvalue weighted by atomic mass is 9.96. The second kappa shape index (κ2) is 7.37. The van der Waals surface area contributed by atoms with Crippen LogP contribution in [0.5, 0.6) is 0 Å². The summed E-state index contributed by atoms with van der Waals surface area (Å²) in [5, 5.41) is 1.96. The number of amides is 1. The first-order chi connectivity index (χ1) is 13.5. The van der Waals surface area contributed by atoms with Crippen LogP contribution >= 0.6 is 11.3 Å². The standard InChI is InChI=1S/C22H19NO3S2/c1-16-9-11-19(12-10-16)28(25,26)23-20(17-6-3-2-4-7-17)14-18(15-22(23)24)21-8-5-13-27-21/h2-14,18H,15H2,1H3/t18-/m0/s1. The summed E-state index contributed by atoms with van der Waals surface area (Å²) in [5.74, 6) is -0.549. The molecule has 28 heavy (non-hydrogen) atoms. The molecule has 0 saturated heterocycles. The third-order valence-corrected chi connectivity index (χ3v) is 7.49. The van der Waals surface area contributed by atoms with Crippen molar-refractivity contribution >= 4 is 33.0 Å². The molecule has 0 saturated carbocycles. The van der Waals surface area contributed by atoms with Crippen LogP contribution in [-0.2, 0) is 14.8 Å². The zero-order chi connectivity index (χ0) is 19.7. The quantitative estimate of drug-likeness (QED) is 0.622. The van der Waals surface area contributed by atoms with Crippen LogP contribution in [0.2, 0.25) is 0 Å². The molecule has 1 aromatic heterocycles. The van der Waals surface area contributed by atoms with Crippen molar-refractivity contribution in [1.82, 2.24) is 4.31 Å². The molecule has 1 aliphatic rings. The van der Waals surface area contributed by atoms with Crippen LogP contribution in [0.1, 0.15) is 28.3 Å². The van der Waals surface area contributed by atoms with E-state index in [1.165, 1.54) is 0 Å². The van der Waals surface area contributed by atoms with Crippen LogP contribution in [0.3, 0.4) is 0 Å². The second-order valence-corrected chi connectivity index (χ2v) is 9.49. The number of rotatable bonds is 4. The van der Waals surface area contributed by atoms with Crippen LogP contribution in [0.15, 0.2) is 83.1 Å². The Morgan fingerprint density at radius 3 is 2.32 bits per heavy atom. The molecular weight excluding hydrogens is 390 g/mol. The van der Waals surface area contributed by atoms with Crippen LogP contribution in [0, 0.1) is 6.92 Å². The topological polar surface area (TPSA) is 54.5 Å². The Hall–Kier alpha value is -2.70. The summed E-state index contributed by atoms with van der Waals surface area (Å²) in [4.78, 5) is 14.2. The fourth-order valence-electron chi connectivity index (χ4n) is 3.31. The molecule has 0 spiro atoms. The average Bonchev–Trinajstić information content (AvgIpc) is 3.23. The van der Waals surface area contributed by atoms with Gasteiger partial charge in [0.05, 0.1) is 10.6 Å². The lowest BCUT2D eigenvalue weighted by Gasteiger charge is -2.31. The van der Waals surface area contributed by atoms with E-state index in [9.17, 15) is 13.2 Å². The first-order valence-corrected chi connectivity index (χ1v) is 11.2. The van der Waals surface area contributed by atoms with Crippen molar-refractivity contribution in [3.05, 3.63) is 94.2 Å². The Labute approximate surface area is 168 Å². The van der Waals surface area contributed by atoms with Gasteiger partial charge in [-0.1, -0.05) is 60.2 Å². The van der Waals surface area contributed by atoms with Gasteiger partial charge >= 0.3 is 0 Å². The minimum atomic E-state index is -4.00. The zero-order valence-electron chi connectivity index (χ0n) is 15.3. The predicted octanol–water partition coefficient (Wildman–Crippen LogP) is 4.80. The number of benzene rings is 2. The Bertz CT molecular complexity index is 1120. The van der Waals surface area contributed by atoms with Gasteiger partial charge in [0.2, 0.25) is 5.91 Å². The minimum Gasteiger partial charge on any atom is -0.273 e. The molecule has 0 aliphatic carbocycles. The van der Waals surface area contributed by atoms with E-state index in [1.54, 1.807) is 35.6 Å². The molecule has 0 N–H and O–H groups in total. The fourth-order valence-corrected chi connectivity index (χ4v) is 5.57. The van der Waals surface area contributed by atoms with E-state index in [0.717, 1.165) is 14.7 Å². The van der Waals surface area contributed by atoms with Crippen LogP contribution in [-0.4, -0.2) is 18.6 Å². The molecular formula is C22H19NO3S2. The Balaban J connectivity index is 1.86. The van der Waals surface area contributed by atoms with Crippen molar-refractivity contribution in [2.75, 3.05) is 0 Å². The van der Waals surface area contributed by atoms with E-state index in [1.807, 2.05) is 60.8 Å². The molecule has 3 aromatic rings. The van der Waals surface area contributed by atoms with E-state index in [0.29, 0.717) is 11.3 Å². The first kappa shape index (κ1) is 18.7. The van der Waals surface area contributed by atoms with E-state index in [4.69, 9.17) is 0 Å². The zero-order valence-corrected chi connectivity index (χ0v) is 16.9. The third kappa shape index (κ3) is 3.41. The molecule has 0 bridgehead atoms. The van der Waals surface area contributed by atoms with Gasteiger partial charge in [-0.15, -0.1) is 11.3 Å². The molecule has 142 valence electrons. The highest BCUT2D eigenvalue weighted by Gasteiger charge is 2.38. The molecule has 2 heterocycles. The van der Waals surface area contributed by atoms with Gasteiger partial charge in [0.25, 0.3) is 10.0 Å². The van der Waals surface area contributed by atoms with E-state index >= 15 is 0 Å². The largest absolute Gasteiger partial charge is 0.273 e. The van der Waals surface area contributed by atoms with Gasteiger partial charge < -0.3 is 0 Å². The highest BCUT2D eigenvalue weighted by molar-refractivity contribution is 7.90. The molecule has 4 rings (SSSR count). The monoisotopic (exact) mass is 409 g/mol. The number of aryl methyl sites for hydroxylation is 1. The maximum Gasteiger partial charge on any atom is 0.270 e. The molecule has 0 unspecified atom stereocenters. The maximum atomic E-state index is 13.4. The van der Waals surface area contributed by atoms with E-state index in [-0.39, 0.29) is 17.2 Å². The summed E-state index contributed by atoms with van der Waals surface area (Å²) < 4.78 is 27.7. The number of thiophene rings is 1. The Kier molecular flexibility index (Phi) is 4.91. The van der Waals surface area contributed by atoms with Gasteiger partial charge in [-0.05, 0) is 36.1 Å². The number of nitrogens with zero attached hydrogens (tertiary/aromatic N) is 1. The van der Waals surface area contributed by atoms with Crippen LogP contribution < -0.4 is 0 Å². The van der Waals surface area contributed by atoms with Crippen LogP contribution in [0.4, 0.5) is 0 Å². The summed E-state index contributed by atoms with van der Waals surface area (Å²) >= 11 is 1.57. The Morgan fingerprint density at radius 1 is 0.964 bits per heavy atom. The summed E-state index contributed by atoms with van der Waals surface area (Å²) in [6.07, 6.45) is 2.02. The van der Waals surface area contributed by atoms with Gasteiger partial charge in [-0.2, -0.15) is 0 Å². The number of carbonyl (C=O) groups excluding carboxylic acids is 1. The normalized spacial score (nSPS) is 17.5. The summed E-state index contributed by atoms with van der Waals surface area (Å²) in [6, 6.07) is 19.7. The van der Waals surface area contributed by atoms with E-state index < -0.39 is 15.9 Å². The maximum absolute atomic E-state index is 13.4. The first-order valence-electron chi connectivity index (χ1n) is 8.92. The number of hydrogen-bond acceptors (Lipinski definition) is 4. The lowest BCUT2D eigenvalue weighted by Crippen LogP contribution is -2.38. The molecule has 6 heteroatoms. The van der Waals surface area contributed by atoms with Crippen molar-refractivity contribution in [2.24, 2.45) is 0 Å². The summed E-state index contributed by atoms with van der Waals surface area (Å²) in [7, 11) is -4.00. The highest BCUT2D eigenvalue weighted by Crippen LogP contribution is 2.38. The molecule has 4 nitrogen and oxygen atoms in total. The number of carbonyl (C=O) groups is 1. The second-order valence-electron chi connectivity index (χ2n) is 6.72. The fraction of sp³-hybridized carbons (Fsp3) is 0.136. The highest BCUT2D eigenvalue weighted by atomic mass is 32.2. The predicted molar refractivity (Wildman–Crippen MR) is 111 cm³/mol. The van der Waals surface area contributed by atoms with Gasteiger partial charge in [0.1, 0.15) is 0 Å². The van der Waals surface area contributed by atoms with Gasteiger partial charge in [-0.25, -0.2) is 12.7 Å². The van der Waals surface area contributed by atoms with Gasteiger partial charge in [0, 0.05) is 17.2 Å². The number of sulfonamides is 1. The number of allylic oxidation sites excluding steroid dienone is 1. The minimum absolute atomic E-state index is 0.114. The van der Waals surface area contributed by atoms with Crippen molar-refractivity contribution in [3.8, 4) is 0 Å². The Morgan fingerprint density at radius 2 is 1.68 bits per heavy atom. The molecule has 0 radical (unpaired) electrons. The summed E-state index contributed by atoms with van der Waals surface area (Å²) in [5.41, 5.74) is 2.07. The van der Waals surface area contributed by atoms with Gasteiger partial charge in [0.15, 0.2) is 0 Å². The molecule has 1 atom stereocenters. The SMILES string of the molecule is Cc1ccc(S(=O)(=O)N2C(=O)C[C@@H](c3cccs3)C=C2c2ccccc2)cc1. The molecule has 1 amide bonds. The smallest absolute Gasteiger partial charge is 0.270 e. The van der Waals surface area contributed by atoms with Crippen molar-refractivity contribution < 1.29 is 13.2 Å². The third-order valence-electron chi connectivity index (χ3n) is 4.74. The number of hydrogen-bond donors (Lipinski definition) is 0. The van der Waals surface area contributed by atoms with Crippen molar-refractivity contribution in [3.63, 3.8) is 0 Å². The van der Waals surface area contributed by atoms with Crippen LogP contribution in [0.25, 0.3) is 5.70 Å². The lowest BCUT2D eigenvalue weighted by molar-refractivity contribution is -0.124. The average molecular weight is 410 g/mol. The summed E-state index contributed by atoms with van der Waals surface area (Å²) in [6.45, 7) is 1.89. The molecule has 2 aromatic carbocycles. The van der Waals surface area contributed by atoms with E-state index in [2.05, 4.69) is 0 Å². The molecule has 0 fully saturated rings.